The molecule has 1 heterocycles. The maximum atomic E-state index is 12.2. The van der Waals surface area contributed by atoms with E-state index in [0.717, 1.165) is 0 Å². The molecule has 0 spiro atoms. The highest BCUT2D eigenvalue weighted by molar-refractivity contribution is 7.92. The number of hydrogen-bond acceptors (Lipinski definition) is 4. The van der Waals surface area contributed by atoms with Gasteiger partial charge < -0.3 is 15.6 Å². The van der Waals surface area contributed by atoms with Crippen molar-refractivity contribution in [3.8, 4) is 0 Å². The van der Waals surface area contributed by atoms with Crippen LogP contribution in [0.15, 0.2) is 35.6 Å². The lowest BCUT2D eigenvalue weighted by Crippen LogP contribution is -2.19. The highest BCUT2D eigenvalue weighted by atomic mass is 35.5. The molecular weight excluding hydrogens is 318 g/mol. The quantitative estimate of drug-likeness (QED) is 0.784. The zero-order chi connectivity index (χ0) is 15.6. The third kappa shape index (κ3) is 3.44. The van der Waals surface area contributed by atoms with Crippen molar-refractivity contribution in [2.75, 3.05) is 10.0 Å². The van der Waals surface area contributed by atoms with E-state index < -0.39 is 16.1 Å². The van der Waals surface area contributed by atoms with Crippen molar-refractivity contribution in [3.63, 3.8) is 0 Å². The Balaban J connectivity index is 2.29. The first kappa shape index (κ1) is 15.1. The highest BCUT2D eigenvalue weighted by Crippen LogP contribution is 2.23. The van der Waals surface area contributed by atoms with E-state index in [4.69, 9.17) is 17.3 Å². The van der Waals surface area contributed by atoms with Gasteiger partial charge in [0.15, 0.2) is 0 Å². The van der Waals surface area contributed by atoms with Crippen LogP contribution in [-0.2, 0) is 17.1 Å². The van der Waals surface area contributed by atoms with E-state index in [1.54, 1.807) is 19.2 Å². The molecule has 0 bridgehead atoms. The first-order chi connectivity index (χ1) is 9.79. The van der Waals surface area contributed by atoms with Crippen LogP contribution in [0.2, 0.25) is 5.15 Å². The van der Waals surface area contributed by atoms with Gasteiger partial charge >= 0.3 is 6.03 Å². The van der Waals surface area contributed by atoms with Crippen molar-refractivity contribution < 1.29 is 13.2 Å². The second-order valence-corrected chi connectivity index (χ2v) is 6.08. The predicted octanol–water partition coefficient (Wildman–Crippen LogP) is 1.36. The lowest BCUT2D eigenvalue weighted by molar-refractivity contribution is 0.259. The molecule has 2 rings (SSSR count). The van der Waals surface area contributed by atoms with Crippen molar-refractivity contribution in [1.29, 1.82) is 0 Å². The summed E-state index contributed by atoms with van der Waals surface area (Å²) in [6, 6.07) is 5.31. The molecule has 0 saturated heterocycles. The summed E-state index contributed by atoms with van der Waals surface area (Å²) in [5.74, 6) is 0. The number of nitrogens with one attached hydrogen (secondary N) is 2. The van der Waals surface area contributed by atoms with E-state index >= 15 is 0 Å². The molecule has 0 aliphatic carbocycles. The highest BCUT2D eigenvalue weighted by Gasteiger charge is 2.22. The number of rotatable bonds is 4. The van der Waals surface area contributed by atoms with E-state index in [2.05, 4.69) is 15.0 Å². The number of halogens is 1. The van der Waals surface area contributed by atoms with Crippen molar-refractivity contribution >= 4 is 39.0 Å². The number of aromatic nitrogens is 2. The van der Waals surface area contributed by atoms with Crippen LogP contribution in [0.25, 0.3) is 0 Å². The minimum atomic E-state index is -3.93. The minimum Gasteiger partial charge on any atom is -0.351 e. The molecule has 1 aromatic heterocycles. The average molecular weight is 330 g/mol. The third-order valence-corrected chi connectivity index (χ3v) is 4.34. The number of sulfonamides is 1. The number of carbonyl (C=O) groups is 1. The van der Waals surface area contributed by atoms with E-state index in [1.165, 1.54) is 23.0 Å². The fourth-order valence-electron chi connectivity index (χ4n) is 1.58. The van der Waals surface area contributed by atoms with E-state index in [1.807, 2.05) is 0 Å². The molecule has 0 unspecified atom stereocenters. The number of aryl methyl sites for hydroxylation is 1. The largest absolute Gasteiger partial charge is 0.351 e. The Kier molecular flexibility index (Phi) is 4.05. The minimum absolute atomic E-state index is 0.00563. The standard InChI is InChI=1S/C11H12ClN5O3S/c1-17-6-14-10(9(17)12)21(19,20)16-8-4-2-3-7(5-8)15-11(13)18/h2-6,16H,1H3,(H3,13,15,18). The second-order valence-electron chi connectivity index (χ2n) is 4.13. The molecule has 21 heavy (non-hydrogen) atoms. The maximum absolute atomic E-state index is 12.2. The van der Waals surface area contributed by atoms with Gasteiger partial charge in [0.1, 0.15) is 5.15 Å². The molecule has 0 aliphatic rings. The van der Waals surface area contributed by atoms with Crippen LogP contribution in [0.5, 0.6) is 0 Å². The van der Waals surface area contributed by atoms with Crippen LogP contribution in [-0.4, -0.2) is 24.0 Å². The number of hydrogen-bond donors (Lipinski definition) is 3. The zero-order valence-corrected chi connectivity index (χ0v) is 12.4. The van der Waals surface area contributed by atoms with Crippen LogP contribution >= 0.6 is 11.6 Å². The van der Waals surface area contributed by atoms with Crippen molar-refractivity contribution in [3.05, 3.63) is 35.7 Å². The van der Waals surface area contributed by atoms with Gasteiger partial charge in [0.25, 0.3) is 10.0 Å². The molecule has 0 aliphatic heterocycles. The molecule has 112 valence electrons. The summed E-state index contributed by atoms with van der Waals surface area (Å²) in [5.41, 5.74) is 5.59. The Morgan fingerprint density at radius 1 is 1.38 bits per heavy atom. The van der Waals surface area contributed by atoms with Crippen LogP contribution in [0.1, 0.15) is 0 Å². The summed E-state index contributed by atoms with van der Waals surface area (Å²) in [7, 11) is -2.35. The van der Waals surface area contributed by atoms with Crippen LogP contribution in [0.3, 0.4) is 0 Å². The molecule has 4 N–H and O–H groups in total. The van der Waals surface area contributed by atoms with E-state index in [0.29, 0.717) is 5.69 Å². The van der Waals surface area contributed by atoms with Gasteiger partial charge in [-0.2, -0.15) is 8.42 Å². The van der Waals surface area contributed by atoms with Gasteiger partial charge in [-0.25, -0.2) is 9.78 Å². The Hall–Kier alpha value is -2.26. The van der Waals surface area contributed by atoms with Gasteiger partial charge in [-0.05, 0) is 18.2 Å². The number of anilines is 2. The zero-order valence-electron chi connectivity index (χ0n) is 10.9. The van der Waals surface area contributed by atoms with Gasteiger partial charge in [-0.1, -0.05) is 17.7 Å². The average Bonchev–Trinajstić information content (AvgIpc) is 2.69. The molecule has 8 nitrogen and oxygen atoms in total. The van der Waals surface area contributed by atoms with Crippen molar-refractivity contribution in [2.24, 2.45) is 12.8 Å². The number of benzene rings is 1. The summed E-state index contributed by atoms with van der Waals surface area (Å²) in [4.78, 5) is 14.5. The summed E-state index contributed by atoms with van der Waals surface area (Å²) >= 11 is 5.87. The molecule has 0 atom stereocenters. The normalized spacial score (nSPS) is 11.1. The number of imidazole rings is 1. The molecule has 2 amide bonds. The molecule has 10 heteroatoms. The number of nitrogens with zero attached hydrogens (tertiary/aromatic N) is 2. The summed E-state index contributed by atoms with van der Waals surface area (Å²) < 4.78 is 28.1. The number of urea groups is 1. The molecule has 0 saturated carbocycles. The molecule has 1 aromatic carbocycles. The lowest BCUT2D eigenvalue weighted by atomic mass is 10.3. The smallest absolute Gasteiger partial charge is 0.316 e. The Morgan fingerprint density at radius 2 is 2.05 bits per heavy atom. The van der Waals surface area contributed by atoms with E-state index in [9.17, 15) is 13.2 Å². The Morgan fingerprint density at radius 3 is 2.62 bits per heavy atom. The Bertz CT molecular complexity index is 787. The molecule has 2 aromatic rings. The van der Waals surface area contributed by atoms with Gasteiger partial charge in [0.2, 0.25) is 5.03 Å². The lowest BCUT2D eigenvalue weighted by Gasteiger charge is -2.08. The predicted molar refractivity (Wildman–Crippen MR) is 78.7 cm³/mol. The van der Waals surface area contributed by atoms with Crippen molar-refractivity contribution in [2.45, 2.75) is 5.03 Å². The second kappa shape index (κ2) is 5.62. The maximum Gasteiger partial charge on any atom is 0.316 e. The molecule has 0 radical (unpaired) electrons. The van der Waals surface area contributed by atoms with Gasteiger partial charge in [0, 0.05) is 12.7 Å². The fourth-order valence-corrected chi connectivity index (χ4v) is 3.06. The number of carbonyl (C=O) groups excluding carboxylic acids is 1. The number of primary amides is 1. The Labute approximate surface area is 126 Å². The van der Waals surface area contributed by atoms with Crippen LogP contribution < -0.4 is 15.8 Å². The molecular formula is C11H12ClN5O3S. The van der Waals surface area contributed by atoms with Crippen LogP contribution in [0.4, 0.5) is 16.2 Å². The number of nitrogens with two attached hydrogens (primary N) is 1. The fraction of sp³-hybridized carbons (Fsp3) is 0.0909. The first-order valence-electron chi connectivity index (χ1n) is 5.66. The SMILES string of the molecule is Cn1cnc(S(=O)(=O)Nc2cccc(NC(N)=O)c2)c1Cl. The van der Waals surface area contributed by atoms with E-state index in [-0.39, 0.29) is 15.9 Å². The van der Waals surface area contributed by atoms with Crippen LogP contribution in [0, 0.1) is 0 Å². The summed E-state index contributed by atoms with van der Waals surface area (Å²) in [5, 5.41) is 2.06. The third-order valence-electron chi connectivity index (χ3n) is 2.47. The summed E-state index contributed by atoms with van der Waals surface area (Å²) in [6.45, 7) is 0. The van der Waals surface area contributed by atoms with Gasteiger partial charge in [0.05, 0.1) is 12.0 Å². The molecule has 0 fully saturated rings. The monoisotopic (exact) mass is 329 g/mol. The van der Waals surface area contributed by atoms with Gasteiger partial charge in [-0.3, -0.25) is 4.72 Å². The van der Waals surface area contributed by atoms with Gasteiger partial charge in [-0.15, -0.1) is 0 Å². The first-order valence-corrected chi connectivity index (χ1v) is 7.52. The number of amides is 2. The topological polar surface area (TPSA) is 119 Å². The van der Waals surface area contributed by atoms with Crippen molar-refractivity contribution in [1.82, 2.24) is 9.55 Å². The summed E-state index contributed by atoms with van der Waals surface area (Å²) in [6.07, 6.45) is 1.29.